The minimum atomic E-state index is 0.0278. The molecule has 0 radical (unpaired) electrons. The summed E-state index contributed by atoms with van der Waals surface area (Å²) in [5.41, 5.74) is 5.75. The topological polar surface area (TPSA) is 81.1 Å². The molecular weight excluding hydrogens is 192 g/mol. The molecule has 1 saturated carbocycles. The molecule has 0 aliphatic heterocycles. The number of nitrogens with one attached hydrogen (secondary N) is 1. The zero-order valence-corrected chi connectivity index (χ0v) is 9.01. The Labute approximate surface area is 88.6 Å². The number of hydrogen-bond acceptors (Lipinski definition) is 3. The first-order valence-corrected chi connectivity index (χ1v) is 5.10. The number of nitrogens with zero attached hydrogens (tertiary/aromatic N) is 4. The van der Waals surface area contributed by atoms with Crippen LogP contribution in [-0.4, -0.2) is 26.8 Å². The summed E-state index contributed by atoms with van der Waals surface area (Å²) in [5, 5.41) is 10.9. The molecule has 15 heavy (non-hydrogen) atoms. The Bertz CT molecular complexity index is 364. The van der Waals surface area contributed by atoms with E-state index in [-0.39, 0.29) is 6.04 Å². The van der Waals surface area contributed by atoms with Crippen molar-refractivity contribution >= 4 is 5.96 Å². The van der Waals surface area contributed by atoms with Gasteiger partial charge in [-0.2, -0.15) is 0 Å². The fourth-order valence-electron chi connectivity index (χ4n) is 1.41. The largest absolute Gasteiger partial charge is 0.370 e. The molecule has 0 amide bonds. The highest BCUT2D eigenvalue weighted by Gasteiger charge is 2.21. The fraction of sp³-hybridized carbons (Fsp3) is 0.667. The van der Waals surface area contributed by atoms with Crippen molar-refractivity contribution in [3.05, 3.63) is 12.2 Å². The van der Waals surface area contributed by atoms with Crippen molar-refractivity contribution in [3.63, 3.8) is 0 Å². The van der Waals surface area contributed by atoms with E-state index in [2.05, 4.69) is 20.5 Å². The van der Waals surface area contributed by atoms with Crippen molar-refractivity contribution in [2.75, 3.05) is 0 Å². The highest BCUT2D eigenvalue weighted by Crippen LogP contribution is 2.23. The summed E-state index contributed by atoms with van der Waals surface area (Å²) in [5.74, 6) is 1.34. The van der Waals surface area contributed by atoms with Crippen LogP contribution < -0.4 is 11.1 Å². The molecule has 0 saturated heterocycles. The predicted octanol–water partition coefficient (Wildman–Crippen LogP) is -0.0572. The van der Waals surface area contributed by atoms with Crippen LogP contribution in [0.4, 0.5) is 0 Å². The third kappa shape index (κ3) is 2.45. The Kier molecular flexibility index (Phi) is 2.57. The Hall–Kier alpha value is -1.59. The van der Waals surface area contributed by atoms with Gasteiger partial charge in [0, 0.05) is 7.05 Å². The first kappa shape index (κ1) is 9.95. The summed E-state index contributed by atoms with van der Waals surface area (Å²) in [6.45, 7) is 1.99. The molecule has 6 heteroatoms. The van der Waals surface area contributed by atoms with Gasteiger partial charge < -0.3 is 15.6 Å². The van der Waals surface area contributed by atoms with Crippen LogP contribution in [0, 0.1) is 0 Å². The zero-order chi connectivity index (χ0) is 10.8. The molecule has 1 atom stereocenters. The minimum Gasteiger partial charge on any atom is -0.370 e. The summed E-state index contributed by atoms with van der Waals surface area (Å²) in [6.07, 6.45) is 3.98. The highest BCUT2D eigenvalue weighted by atomic mass is 15.3. The van der Waals surface area contributed by atoms with E-state index in [4.69, 9.17) is 5.73 Å². The molecule has 1 aromatic rings. The Morgan fingerprint density at radius 1 is 1.73 bits per heavy atom. The molecule has 1 fully saturated rings. The van der Waals surface area contributed by atoms with E-state index in [1.165, 1.54) is 0 Å². The van der Waals surface area contributed by atoms with Crippen LogP contribution in [0.25, 0.3) is 0 Å². The predicted molar refractivity (Wildman–Crippen MR) is 57.2 cm³/mol. The Morgan fingerprint density at radius 3 is 3.00 bits per heavy atom. The molecule has 0 spiro atoms. The summed E-state index contributed by atoms with van der Waals surface area (Å²) in [4.78, 5) is 4.29. The van der Waals surface area contributed by atoms with Crippen molar-refractivity contribution in [1.29, 1.82) is 0 Å². The number of guanidine groups is 1. The standard InChI is InChI=1S/C9H16N6/c1-6(8-14-11-5-15(8)2)12-9(10)13-7-3-4-7/h5-7H,3-4H2,1-2H3,(H3,10,12,13). The number of aliphatic imine (C=N–C) groups is 1. The van der Waals surface area contributed by atoms with E-state index in [9.17, 15) is 0 Å². The second-order valence-electron chi connectivity index (χ2n) is 3.91. The lowest BCUT2D eigenvalue weighted by Gasteiger charge is -2.13. The van der Waals surface area contributed by atoms with Crippen LogP contribution in [0.2, 0.25) is 0 Å². The average Bonchev–Trinajstić information content (AvgIpc) is 2.85. The van der Waals surface area contributed by atoms with Crippen molar-refractivity contribution < 1.29 is 0 Å². The third-order valence-electron chi connectivity index (χ3n) is 2.37. The van der Waals surface area contributed by atoms with Gasteiger partial charge in [0.1, 0.15) is 6.33 Å². The van der Waals surface area contributed by atoms with Gasteiger partial charge in [-0.15, -0.1) is 10.2 Å². The normalized spacial score (nSPS) is 18.9. The fourth-order valence-corrected chi connectivity index (χ4v) is 1.41. The van der Waals surface area contributed by atoms with Crippen LogP contribution in [0.15, 0.2) is 11.3 Å². The monoisotopic (exact) mass is 208 g/mol. The molecule has 0 aromatic carbocycles. The van der Waals surface area contributed by atoms with E-state index < -0.39 is 0 Å². The smallest absolute Gasteiger partial charge is 0.189 e. The number of rotatable bonds is 3. The number of aromatic nitrogens is 3. The van der Waals surface area contributed by atoms with Crippen LogP contribution in [-0.2, 0) is 7.05 Å². The highest BCUT2D eigenvalue weighted by molar-refractivity contribution is 5.78. The molecular formula is C9H16N6. The average molecular weight is 208 g/mol. The second-order valence-corrected chi connectivity index (χ2v) is 3.91. The first-order chi connectivity index (χ1) is 7.16. The molecule has 6 nitrogen and oxygen atoms in total. The van der Waals surface area contributed by atoms with E-state index in [1.807, 2.05) is 18.5 Å². The van der Waals surface area contributed by atoms with Gasteiger partial charge in [0.25, 0.3) is 0 Å². The summed E-state index contributed by atoms with van der Waals surface area (Å²) in [7, 11) is 1.90. The molecule has 1 heterocycles. The summed E-state index contributed by atoms with van der Waals surface area (Å²) < 4.78 is 1.86. The van der Waals surface area contributed by atoms with E-state index in [0.29, 0.717) is 12.0 Å². The molecule has 3 N–H and O–H groups in total. The molecule has 1 aliphatic rings. The van der Waals surface area contributed by atoms with Crippen LogP contribution in [0.1, 0.15) is 31.6 Å². The molecule has 1 unspecified atom stereocenters. The van der Waals surface area contributed by atoms with Gasteiger partial charge in [0.2, 0.25) is 0 Å². The van der Waals surface area contributed by atoms with Gasteiger partial charge in [0.15, 0.2) is 11.8 Å². The van der Waals surface area contributed by atoms with Crippen molar-refractivity contribution in [1.82, 2.24) is 20.1 Å². The molecule has 1 aromatic heterocycles. The Balaban J connectivity index is 1.96. The van der Waals surface area contributed by atoms with Crippen LogP contribution >= 0.6 is 0 Å². The molecule has 0 bridgehead atoms. The maximum absolute atomic E-state index is 5.75. The first-order valence-electron chi connectivity index (χ1n) is 5.10. The lowest BCUT2D eigenvalue weighted by Crippen LogP contribution is -2.35. The lowest BCUT2D eigenvalue weighted by atomic mass is 10.3. The summed E-state index contributed by atoms with van der Waals surface area (Å²) >= 11 is 0. The quantitative estimate of drug-likeness (QED) is 0.538. The lowest BCUT2D eigenvalue weighted by molar-refractivity contribution is 0.621. The maximum atomic E-state index is 5.75. The number of nitrogens with two attached hydrogens (primary N) is 1. The van der Waals surface area contributed by atoms with E-state index >= 15 is 0 Å². The van der Waals surface area contributed by atoms with Gasteiger partial charge >= 0.3 is 0 Å². The molecule has 1 aliphatic carbocycles. The van der Waals surface area contributed by atoms with Crippen LogP contribution in [0.3, 0.4) is 0 Å². The number of hydrogen-bond donors (Lipinski definition) is 2. The minimum absolute atomic E-state index is 0.0278. The Morgan fingerprint density at radius 2 is 2.47 bits per heavy atom. The molecule has 2 rings (SSSR count). The van der Waals surface area contributed by atoms with E-state index in [1.54, 1.807) is 6.33 Å². The van der Waals surface area contributed by atoms with Crippen LogP contribution in [0.5, 0.6) is 0 Å². The maximum Gasteiger partial charge on any atom is 0.189 e. The molecule has 82 valence electrons. The SMILES string of the molecule is CC(NC(N)=NC1CC1)c1nncn1C. The van der Waals surface area contributed by atoms with Gasteiger partial charge in [-0.3, -0.25) is 4.99 Å². The van der Waals surface area contributed by atoms with Crippen molar-refractivity contribution in [2.24, 2.45) is 17.8 Å². The van der Waals surface area contributed by atoms with E-state index in [0.717, 1.165) is 18.7 Å². The van der Waals surface area contributed by atoms with Gasteiger partial charge in [0.05, 0.1) is 12.1 Å². The third-order valence-corrected chi connectivity index (χ3v) is 2.37. The van der Waals surface area contributed by atoms with Gasteiger partial charge in [-0.05, 0) is 19.8 Å². The number of aryl methyl sites for hydroxylation is 1. The van der Waals surface area contributed by atoms with Gasteiger partial charge in [-0.25, -0.2) is 0 Å². The van der Waals surface area contributed by atoms with Crippen molar-refractivity contribution in [2.45, 2.75) is 31.8 Å². The zero-order valence-electron chi connectivity index (χ0n) is 9.01. The second kappa shape index (κ2) is 3.88. The summed E-state index contributed by atoms with van der Waals surface area (Å²) in [6, 6.07) is 0.462. The van der Waals surface area contributed by atoms with Gasteiger partial charge in [-0.1, -0.05) is 0 Å². The van der Waals surface area contributed by atoms with Crippen molar-refractivity contribution in [3.8, 4) is 0 Å².